The summed E-state index contributed by atoms with van der Waals surface area (Å²) in [6.07, 6.45) is 0. The number of hydrogen-bond donors (Lipinski definition) is 1. The molecular weight excluding hydrogens is 256 g/mol. The molecule has 0 unspecified atom stereocenters. The molecule has 0 radical (unpaired) electrons. The molecule has 2 amide bonds. The van der Waals surface area contributed by atoms with Crippen molar-refractivity contribution in [3.05, 3.63) is 23.8 Å². The van der Waals surface area contributed by atoms with E-state index in [0.717, 1.165) is 5.56 Å². The summed E-state index contributed by atoms with van der Waals surface area (Å²) in [5.74, 6) is -0.763. The average Bonchev–Trinajstić information content (AvgIpc) is 2.34. The lowest BCUT2D eigenvalue weighted by molar-refractivity contribution is -0.121. The van der Waals surface area contributed by atoms with Gasteiger partial charge in [-0.25, -0.2) is 0 Å². The highest BCUT2D eigenvalue weighted by molar-refractivity contribution is 6.29. The number of hydrogen-bond acceptors (Lipinski definition) is 3. The van der Waals surface area contributed by atoms with E-state index >= 15 is 0 Å². The third kappa shape index (κ3) is 3.37. The van der Waals surface area contributed by atoms with Crippen molar-refractivity contribution in [3.8, 4) is 5.75 Å². The lowest BCUT2D eigenvalue weighted by Gasteiger charge is -2.22. The van der Waals surface area contributed by atoms with Crippen LogP contribution in [0.3, 0.4) is 0 Å². The van der Waals surface area contributed by atoms with E-state index < -0.39 is 11.8 Å². The average molecular weight is 271 g/mol. The van der Waals surface area contributed by atoms with Crippen LogP contribution in [0, 0.1) is 6.92 Å². The number of halogens is 1. The molecule has 6 heteroatoms. The van der Waals surface area contributed by atoms with Gasteiger partial charge in [-0.15, -0.1) is 11.6 Å². The Morgan fingerprint density at radius 3 is 2.61 bits per heavy atom. The molecule has 98 valence electrons. The second-order valence-electron chi connectivity index (χ2n) is 3.76. The van der Waals surface area contributed by atoms with Crippen molar-refractivity contribution in [2.75, 3.05) is 24.4 Å². The van der Waals surface area contributed by atoms with E-state index in [1.54, 1.807) is 12.1 Å². The molecule has 2 N–H and O–H groups in total. The van der Waals surface area contributed by atoms with Crippen LogP contribution in [-0.2, 0) is 9.59 Å². The number of amides is 2. The monoisotopic (exact) mass is 270 g/mol. The number of methoxy groups -OCH3 is 1. The summed E-state index contributed by atoms with van der Waals surface area (Å²) in [7, 11) is 1.49. The SMILES string of the molecule is COc1ccc(C)cc1N(CC(N)=O)C(=O)CCl. The number of carbonyl (C=O) groups is 2. The predicted octanol–water partition coefficient (Wildman–Crippen LogP) is 1.06. The summed E-state index contributed by atoms with van der Waals surface area (Å²) in [4.78, 5) is 24.0. The Bertz CT molecular complexity index is 463. The van der Waals surface area contributed by atoms with Crippen molar-refractivity contribution in [1.82, 2.24) is 0 Å². The summed E-state index contributed by atoms with van der Waals surface area (Å²) in [5, 5.41) is 0. The van der Waals surface area contributed by atoms with E-state index in [0.29, 0.717) is 11.4 Å². The van der Waals surface area contributed by atoms with Gasteiger partial charge in [-0.3, -0.25) is 14.5 Å². The van der Waals surface area contributed by atoms with Crippen LogP contribution in [-0.4, -0.2) is 31.3 Å². The summed E-state index contributed by atoms with van der Waals surface area (Å²) in [6.45, 7) is 1.64. The largest absolute Gasteiger partial charge is 0.495 e. The molecule has 5 nitrogen and oxygen atoms in total. The molecule has 0 aliphatic rings. The number of primary amides is 1. The van der Waals surface area contributed by atoms with Gasteiger partial charge in [-0.05, 0) is 24.6 Å². The molecule has 0 heterocycles. The van der Waals surface area contributed by atoms with E-state index in [2.05, 4.69) is 0 Å². The van der Waals surface area contributed by atoms with Crippen molar-refractivity contribution < 1.29 is 14.3 Å². The normalized spacial score (nSPS) is 9.94. The van der Waals surface area contributed by atoms with E-state index in [-0.39, 0.29) is 12.4 Å². The summed E-state index contributed by atoms with van der Waals surface area (Å²) in [6, 6.07) is 5.31. The number of nitrogens with two attached hydrogens (primary N) is 1. The third-order valence-electron chi connectivity index (χ3n) is 2.35. The highest BCUT2D eigenvalue weighted by Gasteiger charge is 2.20. The summed E-state index contributed by atoms with van der Waals surface area (Å²) < 4.78 is 5.17. The molecule has 0 aromatic heterocycles. The number of carbonyl (C=O) groups excluding carboxylic acids is 2. The Morgan fingerprint density at radius 1 is 1.44 bits per heavy atom. The first-order valence-electron chi connectivity index (χ1n) is 5.29. The summed E-state index contributed by atoms with van der Waals surface area (Å²) >= 11 is 5.53. The number of benzene rings is 1. The van der Waals surface area contributed by atoms with Gasteiger partial charge in [0.2, 0.25) is 11.8 Å². The van der Waals surface area contributed by atoms with Gasteiger partial charge in [0.15, 0.2) is 0 Å². The fourth-order valence-electron chi connectivity index (χ4n) is 1.55. The molecule has 1 rings (SSSR count). The van der Waals surface area contributed by atoms with Crippen molar-refractivity contribution in [2.45, 2.75) is 6.92 Å². The van der Waals surface area contributed by atoms with Crippen LogP contribution in [0.1, 0.15) is 5.56 Å². The van der Waals surface area contributed by atoms with E-state index in [1.165, 1.54) is 12.0 Å². The standard InChI is InChI=1S/C12H15ClN2O3/c1-8-3-4-10(18-2)9(5-8)15(7-11(14)16)12(17)6-13/h3-5H,6-7H2,1-2H3,(H2,14,16). The maximum atomic E-state index is 11.8. The van der Waals surface area contributed by atoms with Crippen molar-refractivity contribution >= 4 is 29.1 Å². The smallest absolute Gasteiger partial charge is 0.242 e. The zero-order valence-electron chi connectivity index (χ0n) is 10.3. The molecule has 0 aliphatic heterocycles. The highest BCUT2D eigenvalue weighted by atomic mass is 35.5. The topological polar surface area (TPSA) is 72.6 Å². The number of ether oxygens (including phenoxy) is 1. The van der Waals surface area contributed by atoms with E-state index in [9.17, 15) is 9.59 Å². The molecule has 0 atom stereocenters. The number of anilines is 1. The Hall–Kier alpha value is -1.75. The van der Waals surface area contributed by atoms with Gasteiger partial charge in [-0.1, -0.05) is 6.07 Å². The highest BCUT2D eigenvalue weighted by Crippen LogP contribution is 2.29. The minimum absolute atomic E-state index is 0.231. The fraction of sp³-hybridized carbons (Fsp3) is 0.333. The molecule has 0 spiro atoms. The minimum Gasteiger partial charge on any atom is -0.495 e. The molecule has 0 aliphatic carbocycles. The predicted molar refractivity (Wildman–Crippen MR) is 70.0 cm³/mol. The van der Waals surface area contributed by atoms with Crippen LogP contribution in [0.5, 0.6) is 5.75 Å². The maximum absolute atomic E-state index is 11.8. The second kappa shape index (κ2) is 6.26. The molecular formula is C12H15ClN2O3. The van der Waals surface area contributed by atoms with E-state index in [1.807, 2.05) is 13.0 Å². The Kier molecular flexibility index (Phi) is 4.97. The number of rotatable bonds is 5. The van der Waals surface area contributed by atoms with Gasteiger partial charge >= 0.3 is 0 Å². The number of nitrogens with zero attached hydrogens (tertiary/aromatic N) is 1. The zero-order valence-corrected chi connectivity index (χ0v) is 11.0. The summed E-state index contributed by atoms with van der Waals surface area (Å²) in [5.41, 5.74) is 6.56. The molecule has 1 aromatic carbocycles. The van der Waals surface area contributed by atoms with Crippen LogP contribution in [0.25, 0.3) is 0 Å². The maximum Gasteiger partial charge on any atom is 0.242 e. The van der Waals surface area contributed by atoms with Gasteiger partial charge in [0.25, 0.3) is 0 Å². The van der Waals surface area contributed by atoms with Crippen LogP contribution in [0.2, 0.25) is 0 Å². The van der Waals surface area contributed by atoms with Crippen molar-refractivity contribution in [1.29, 1.82) is 0 Å². The van der Waals surface area contributed by atoms with Crippen LogP contribution >= 0.6 is 11.6 Å². The van der Waals surface area contributed by atoms with Crippen molar-refractivity contribution in [3.63, 3.8) is 0 Å². The zero-order chi connectivity index (χ0) is 13.7. The van der Waals surface area contributed by atoms with Crippen LogP contribution in [0.4, 0.5) is 5.69 Å². The van der Waals surface area contributed by atoms with Gasteiger partial charge in [0.05, 0.1) is 12.8 Å². The van der Waals surface area contributed by atoms with Gasteiger partial charge in [0, 0.05) is 0 Å². The molecule has 1 aromatic rings. The van der Waals surface area contributed by atoms with Crippen LogP contribution < -0.4 is 15.4 Å². The van der Waals surface area contributed by atoms with Gasteiger partial charge in [-0.2, -0.15) is 0 Å². The van der Waals surface area contributed by atoms with Gasteiger partial charge in [0.1, 0.15) is 18.2 Å². The van der Waals surface area contributed by atoms with Gasteiger partial charge < -0.3 is 10.5 Å². The number of alkyl halides is 1. The first-order valence-corrected chi connectivity index (χ1v) is 5.82. The molecule has 0 saturated carbocycles. The van der Waals surface area contributed by atoms with Crippen molar-refractivity contribution in [2.24, 2.45) is 5.73 Å². The first-order chi connectivity index (χ1) is 8.49. The Balaban J connectivity index is 3.22. The second-order valence-corrected chi connectivity index (χ2v) is 4.02. The van der Waals surface area contributed by atoms with Crippen LogP contribution in [0.15, 0.2) is 18.2 Å². The molecule has 0 saturated heterocycles. The number of aryl methyl sites for hydroxylation is 1. The lowest BCUT2D eigenvalue weighted by atomic mass is 10.2. The lowest BCUT2D eigenvalue weighted by Crippen LogP contribution is -2.39. The Morgan fingerprint density at radius 2 is 2.11 bits per heavy atom. The third-order valence-corrected chi connectivity index (χ3v) is 2.58. The Labute approximate surface area is 110 Å². The minimum atomic E-state index is -0.614. The first kappa shape index (κ1) is 14.3. The van der Waals surface area contributed by atoms with E-state index in [4.69, 9.17) is 22.1 Å². The fourth-order valence-corrected chi connectivity index (χ4v) is 1.69. The molecule has 0 bridgehead atoms. The molecule has 18 heavy (non-hydrogen) atoms. The quantitative estimate of drug-likeness (QED) is 0.813. The molecule has 0 fully saturated rings.